The highest BCUT2D eigenvalue weighted by atomic mass is 32.1. The quantitative estimate of drug-likeness (QED) is 0.600. The summed E-state index contributed by atoms with van der Waals surface area (Å²) in [5.41, 5.74) is 6.67. The van der Waals surface area contributed by atoms with Crippen LogP contribution in [0.2, 0.25) is 0 Å². The number of carbonyl (C=O) groups excluding carboxylic acids is 1. The summed E-state index contributed by atoms with van der Waals surface area (Å²) in [4.78, 5) is 22.5. The molecule has 5 nitrogen and oxygen atoms in total. The lowest BCUT2D eigenvalue weighted by Gasteiger charge is -2.01. The summed E-state index contributed by atoms with van der Waals surface area (Å²) >= 11 is 1.41. The lowest BCUT2D eigenvalue weighted by molar-refractivity contribution is -0.137. The molecule has 1 aromatic rings. The molecule has 3 N–H and O–H groups in total. The van der Waals surface area contributed by atoms with Gasteiger partial charge in [0.25, 0.3) is 0 Å². The summed E-state index contributed by atoms with van der Waals surface area (Å²) < 4.78 is 4.60. The summed E-state index contributed by atoms with van der Waals surface area (Å²) in [7, 11) is 1.31. The fraction of sp³-hybridized carbons (Fsp3) is 0.455. The number of methoxy groups -OCH3 is 1. The largest absolute Gasteiger partial charge is 0.481 e. The minimum atomic E-state index is -0.792. The Kier molecular flexibility index (Phi) is 4.96. The highest BCUT2D eigenvalue weighted by molar-refractivity contribution is 7.10. The predicted octanol–water partition coefficient (Wildman–Crippen LogP) is 1.91. The van der Waals surface area contributed by atoms with Crippen LogP contribution in [0.4, 0.5) is 5.69 Å². The van der Waals surface area contributed by atoms with E-state index < -0.39 is 11.9 Å². The zero-order chi connectivity index (χ0) is 12.8. The van der Waals surface area contributed by atoms with Crippen molar-refractivity contribution in [2.24, 2.45) is 0 Å². The maximum absolute atomic E-state index is 11.3. The number of aryl methyl sites for hydroxylation is 1. The number of hydrogen-bond donors (Lipinski definition) is 2. The van der Waals surface area contributed by atoms with E-state index in [-0.39, 0.29) is 6.42 Å². The number of hydrogen-bond acceptors (Lipinski definition) is 5. The summed E-state index contributed by atoms with van der Waals surface area (Å²) in [6, 6.07) is 0. The Bertz CT molecular complexity index is 414. The Morgan fingerprint density at radius 1 is 1.47 bits per heavy atom. The molecule has 17 heavy (non-hydrogen) atoms. The molecule has 1 heterocycles. The molecule has 0 aliphatic heterocycles. The van der Waals surface area contributed by atoms with Gasteiger partial charge >= 0.3 is 11.9 Å². The van der Waals surface area contributed by atoms with Crippen LogP contribution in [0.25, 0.3) is 0 Å². The maximum Gasteiger partial charge on any atom is 0.340 e. The Hall–Kier alpha value is -1.56. The van der Waals surface area contributed by atoms with Crippen molar-refractivity contribution in [3.8, 4) is 0 Å². The van der Waals surface area contributed by atoms with Crippen molar-refractivity contribution in [1.29, 1.82) is 0 Å². The van der Waals surface area contributed by atoms with Crippen LogP contribution >= 0.6 is 11.3 Å². The van der Waals surface area contributed by atoms with E-state index in [1.54, 1.807) is 5.38 Å². The number of carboxylic acid groups (broad SMARTS) is 1. The topological polar surface area (TPSA) is 89.6 Å². The first-order valence-corrected chi connectivity index (χ1v) is 6.10. The first-order valence-electron chi connectivity index (χ1n) is 5.22. The molecular weight excluding hydrogens is 242 g/mol. The van der Waals surface area contributed by atoms with Gasteiger partial charge < -0.3 is 15.6 Å². The molecule has 0 aliphatic carbocycles. The molecule has 0 saturated heterocycles. The van der Waals surface area contributed by atoms with Crippen LogP contribution < -0.4 is 5.73 Å². The summed E-state index contributed by atoms with van der Waals surface area (Å²) in [6.07, 6.45) is 2.22. The van der Waals surface area contributed by atoms with E-state index in [4.69, 9.17) is 10.8 Å². The SMILES string of the molecule is COC(=O)c1csc(CCCCC(=O)O)c1N. The van der Waals surface area contributed by atoms with E-state index in [0.29, 0.717) is 24.1 Å². The van der Waals surface area contributed by atoms with Gasteiger partial charge in [-0.2, -0.15) is 0 Å². The third kappa shape index (κ3) is 3.74. The smallest absolute Gasteiger partial charge is 0.340 e. The number of esters is 1. The van der Waals surface area contributed by atoms with E-state index >= 15 is 0 Å². The van der Waals surface area contributed by atoms with Crippen molar-refractivity contribution >= 4 is 29.0 Å². The molecule has 0 fully saturated rings. The van der Waals surface area contributed by atoms with Crippen molar-refractivity contribution in [2.45, 2.75) is 25.7 Å². The molecule has 0 unspecified atom stereocenters. The van der Waals surface area contributed by atoms with Crippen molar-refractivity contribution in [3.05, 3.63) is 15.8 Å². The van der Waals surface area contributed by atoms with E-state index in [1.165, 1.54) is 18.4 Å². The van der Waals surface area contributed by atoms with Gasteiger partial charge in [0, 0.05) is 16.7 Å². The average molecular weight is 257 g/mol. The molecule has 0 radical (unpaired) electrons. The molecule has 0 saturated carbocycles. The zero-order valence-corrected chi connectivity index (χ0v) is 10.4. The molecular formula is C11H15NO4S. The number of unbranched alkanes of at least 4 members (excludes halogenated alkanes) is 1. The number of rotatable bonds is 6. The number of aliphatic carboxylic acids is 1. The second-order valence-electron chi connectivity index (χ2n) is 3.58. The van der Waals surface area contributed by atoms with Crippen molar-refractivity contribution in [3.63, 3.8) is 0 Å². The Balaban J connectivity index is 2.52. The summed E-state index contributed by atoms with van der Waals surface area (Å²) in [5, 5.41) is 10.2. The number of thiophene rings is 1. The molecule has 0 spiro atoms. The average Bonchev–Trinajstić information content (AvgIpc) is 2.65. The number of nitrogen functional groups attached to an aromatic ring is 1. The Labute approximate surface area is 103 Å². The predicted molar refractivity (Wildman–Crippen MR) is 65.3 cm³/mol. The van der Waals surface area contributed by atoms with Crippen molar-refractivity contribution < 1.29 is 19.4 Å². The van der Waals surface area contributed by atoms with Crippen LogP contribution in [0.1, 0.15) is 34.5 Å². The van der Waals surface area contributed by atoms with Crippen molar-refractivity contribution in [2.75, 3.05) is 12.8 Å². The van der Waals surface area contributed by atoms with Gasteiger partial charge in [-0.25, -0.2) is 4.79 Å². The van der Waals surface area contributed by atoms with E-state index in [2.05, 4.69) is 4.74 Å². The van der Waals surface area contributed by atoms with Gasteiger partial charge in [0.05, 0.1) is 18.4 Å². The van der Waals surface area contributed by atoms with Gasteiger partial charge in [0.15, 0.2) is 0 Å². The van der Waals surface area contributed by atoms with Crippen LogP contribution in [0.3, 0.4) is 0 Å². The number of ether oxygens (including phenoxy) is 1. The second-order valence-corrected chi connectivity index (χ2v) is 4.54. The minimum Gasteiger partial charge on any atom is -0.481 e. The fourth-order valence-corrected chi connectivity index (χ4v) is 2.41. The molecule has 1 rings (SSSR count). The van der Waals surface area contributed by atoms with E-state index in [9.17, 15) is 9.59 Å². The monoisotopic (exact) mass is 257 g/mol. The number of carboxylic acids is 1. The molecule has 1 aromatic heterocycles. The molecule has 0 aliphatic rings. The molecule has 0 aromatic carbocycles. The normalized spacial score (nSPS) is 10.2. The number of anilines is 1. The second kappa shape index (κ2) is 6.24. The number of nitrogens with two attached hydrogens (primary N) is 1. The third-order valence-corrected chi connectivity index (χ3v) is 3.42. The first-order chi connectivity index (χ1) is 8.06. The molecule has 0 bridgehead atoms. The molecule has 6 heteroatoms. The fourth-order valence-electron chi connectivity index (χ4n) is 1.43. The van der Waals surface area contributed by atoms with Crippen LogP contribution in [-0.2, 0) is 16.0 Å². The van der Waals surface area contributed by atoms with Crippen LogP contribution in [0, 0.1) is 0 Å². The lowest BCUT2D eigenvalue weighted by atomic mass is 10.1. The Morgan fingerprint density at radius 2 is 2.18 bits per heavy atom. The molecule has 94 valence electrons. The van der Waals surface area contributed by atoms with Crippen molar-refractivity contribution in [1.82, 2.24) is 0 Å². The van der Waals surface area contributed by atoms with Gasteiger partial charge in [0.1, 0.15) is 0 Å². The minimum absolute atomic E-state index is 0.162. The standard InChI is InChI=1S/C11H15NO4S/c1-16-11(15)7-6-17-8(10(7)12)4-2-3-5-9(13)14/h6H,2-5,12H2,1H3,(H,13,14). The van der Waals surface area contributed by atoms with Gasteiger partial charge in [-0.1, -0.05) is 0 Å². The Morgan fingerprint density at radius 3 is 2.76 bits per heavy atom. The van der Waals surface area contributed by atoms with Gasteiger partial charge in [0.2, 0.25) is 0 Å². The van der Waals surface area contributed by atoms with E-state index in [0.717, 1.165) is 11.3 Å². The molecule has 0 atom stereocenters. The maximum atomic E-state index is 11.3. The molecule has 0 amide bonds. The summed E-state index contributed by atoms with van der Waals surface area (Å²) in [5.74, 6) is -1.23. The number of carbonyl (C=O) groups is 2. The zero-order valence-electron chi connectivity index (χ0n) is 9.56. The van der Waals surface area contributed by atoms with E-state index in [1.807, 2.05) is 0 Å². The highest BCUT2D eigenvalue weighted by Crippen LogP contribution is 2.27. The van der Waals surface area contributed by atoms with Crippen LogP contribution in [0.15, 0.2) is 5.38 Å². The van der Waals surface area contributed by atoms with Gasteiger partial charge in [-0.3, -0.25) is 4.79 Å². The lowest BCUT2D eigenvalue weighted by Crippen LogP contribution is -2.04. The van der Waals surface area contributed by atoms with Crippen LogP contribution in [-0.4, -0.2) is 24.2 Å². The first kappa shape index (κ1) is 13.5. The van der Waals surface area contributed by atoms with Crippen LogP contribution in [0.5, 0.6) is 0 Å². The third-order valence-electron chi connectivity index (χ3n) is 2.36. The van der Waals surface area contributed by atoms with Gasteiger partial charge in [-0.05, 0) is 19.3 Å². The summed E-state index contributed by atoms with van der Waals surface area (Å²) in [6.45, 7) is 0. The highest BCUT2D eigenvalue weighted by Gasteiger charge is 2.15. The van der Waals surface area contributed by atoms with Gasteiger partial charge in [-0.15, -0.1) is 11.3 Å².